The Bertz CT molecular complexity index is 336. The predicted octanol–water partition coefficient (Wildman–Crippen LogP) is 3.05. The van der Waals surface area contributed by atoms with Gasteiger partial charge in [0.2, 0.25) is 0 Å². The zero-order valence-electron chi connectivity index (χ0n) is 8.08. The number of nitrogens with zero attached hydrogens (tertiary/aromatic N) is 1. The molecule has 1 rings (SSSR count). The summed E-state index contributed by atoms with van der Waals surface area (Å²) in [7, 11) is 0. The van der Waals surface area contributed by atoms with E-state index >= 15 is 0 Å². The number of carbonyl (C=O) groups is 1. The van der Waals surface area contributed by atoms with E-state index in [4.69, 9.17) is 5.11 Å². The minimum Gasteiger partial charge on any atom is -0.481 e. The molecule has 5 heteroatoms. The zero-order valence-corrected chi connectivity index (χ0v) is 10.5. The largest absolute Gasteiger partial charge is 0.481 e. The first-order valence-electron chi connectivity index (χ1n) is 4.37. The molecule has 0 aliphatic heterocycles. The van der Waals surface area contributed by atoms with Gasteiger partial charge < -0.3 is 5.11 Å². The van der Waals surface area contributed by atoms with Crippen molar-refractivity contribution < 1.29 is 9.90 Å². The van der Waals surface area contributed by atoms with Crippen LogP contribution in [0.5, 0.6) is 0 Å². The maximum absolute atomic E-state index is 10.4. The van der Waals surface area contributed by atoms with Crippen LogP contribution in [0.3, 0.4) is 0 Å². The summed E-state index contributed by atoms with van der Waals surface area (Å²) >= 11 is 4.99. The molecule has 1 aromatic rings. The second-order valence-electron chi connectivity index (χ2n) is 3.32. The van der Waals surface area contributed by atoms with E-state index in [-0.39, 0.29) is 6.42 Å². The van der Waals surface area contributed by atoms with Gasteiger partial charge in [0.05, 0.1) is 20.9 Å². The molecule has 0 saturated carbocycles. The lowest BCUT2D eigenvalue weighted by atomic mass is 10.2. The van der Waals surface area contributed by atoms with Gasteiger partial charge in [-0.25, -0.2) is 4.98 Å². The molecule has 3 nitrogen and oxygen atoms in total. The van der Waals surface area contributed by atoms with Gasteiger partial charge in [-0.3, -0.25) is 4.79 Å². The molecule has 0 bridgehead atoms. The molecule has 0 fully saturated rings. The van der Waals surface area contributed by atoms with E-state index in [1.165, 1.54) is 0 Å². The Morgan fingerprint density at radius 1 is 1.64 bits per heavy atom. The number of thiazole rings is 1. The quantitative estimate of drug-likeness (QED) is 0.920. The Kier molecular flexibility index (Phi) is 4.07. The number of rotatable bonds is 4. The molecular formula is C9H12BrNO2S. The van der Waals surface area contributed by atoms with E-state index in [1.807, 2.05) is 0 Å². The van der Waals surface area contributed by atoms with Gasteiger partial charge in [0, 0.05) is 12.3 Å². The predicted molar refractivity (Wildman–Crippen MR) is 59.9 cm³/mol. The third kappa shape index (κ3) is 3.06. The van der Waals surface area contributed by atoms with Crippen molar-refractivity contribution in [2.45, 2.75) is 32.6 Å². The van der Waals surface area contributed by atoms with Gasteiger partial charge in [0.15, 0.2) is 0 Å². The molecule has 1 aromatic heterocycles. The fraction of sp³-hybridized carbons (Fsp3) is 0.556. The summed E-state index contributed by atoms with van der Waals surface area (Å²) in [6, 6.07) is 0. The van der Waals surface area contributed by atoms with Crippen molar-refractivity contribution in [3.63, 3.8) is 0 Å². The van der Waals surface area contributed by atoms with Crippen LogP contribution < -0.4 is 0 Å². The van der Waals surface area contributed by atoms with Crippen LogP contribution in [0.25, 0.3) is 0 Å². The Labute approximate surface area is 95.3 Å². The molecule has 0 spiro atoms. The summed E-state index contributed by atoms with van der Waals surface area (Å²) in [6.45, 7) is 4.15. The standard InChI is InChI=1S/C9H12BrNO2S/c1-5(2)9-11-6(8(10)14-9)3-4-7(12)13/h5H,3-4H2,1-2H3,(H,12,13). The van der Waals surface area contributed by atoms with Crippen LogP contribution in [-0.4, -0.2) is 16.1 Å². The first kappa shape index (κ1) is 11.7. The maximum atomic E-state index is 10.4. The second kappa shape index (κ2) is 4.89. The summed E-state index contributed by atoms with van der Waals surface area (Å²) < 4.78 is 0.961. The van der Waals surface area contributed by atoms with Gasteiger partial charge in [-0.05, 0) is 15.9 Å². The molecule has 0 aliphatic carbocycles. The normalized spacial score (nSPS) is 10.9. The minimum absolute atomic E-state index is 0.139. The lowest BCUT2D eigenvalue weighted by Gasteiger charge is -1.96. The summed E-state index contributed by atoms with van der Waals surface area (Å²) in [5.41, 5.74) is 0.862. The monoisotopic (exact) mass is 277 g/mol. The fourth-order valence-corrected chi connectivity index (χ4v) is 2.60. The van der Waals surface area contributed by atoms with Gasteiger partial charge in [-0.15, -0.1) is 11.3 Å². The summed E-state index contributed by atoms with van der Waals surface area (Å²) in [4.78, 5) is 14.8. The van der Waals surface area contributed by atoms with Crippen LogP contribution in [0.2, 0.25) is 0 Å². The van der Waals surface area contributed by atoms with E-state index in [1.54, 1.807) is 11.3 Å². The first-order valence-corrected chi connectivity index (χ1v) is 5.98. The molecule has 0 radical (unpaired) electrons. The van der Waals surface area contributed by atoms with Crippen LogP contribution in [0.4, 0.5) is 0 Å². The van der Waals surface area contributed by atoms with Gasteiger partial charge in [0.1, 0.15) is 0 Å². The second-order valence-corrected chi connectivity index (χ2v) is 5.67. The van der Waals surface area contributed by atoms with Gasteiger partial charge >= 0.3 is 5.97 Å². The number of aryl methyl sites for hydroxylation is 1. The zero-order chi connectivity index (χ0) is 10.7. The number of carboxylic acids is 1. The maximum Gasteiger partial charge on any atom is 0.303 e. The van der Waals surface area contributed by atoms with E-state index < -0.39 is 5.97 Å². The molecule has 0 amide bonds. The van der Waals surface area contributed by atoms with Crippen LogP contribution in [-0.2, 0) is 11.2 Å². The third-order valence-corrected chi connectivity index (χ3v) is 3.87. The molecule has 0 aliphatic rings. The van der Waals surface area contributed by atoms with E-state index in [9.17, 15) is 4.79 Å². The van der Waals surface area contributed by atoms with Crippen molar-refractivity contribution in [3.8, 4) is 0 Å². The lowest BCUT2D eigenvalue weighted by Crippen LogP contribution is -1.98. The summed E-state index contributed by atoms with van der Waals surface area (Å²) in [5, 5.41) is 9.60. The Morgan fingerprint density at radius 3 is 2.71 bits per heavy atom. The average molecular weight is 278 g/mol. The number of halogens is 1. The van der Waals surface area contributed by atoms with Crippen molar-refractivity contribution in [1.29, 1.82) is 0 Å². The van der Waals surface area contributed by atoms with Crippen molar-refractivity contribution in [2.24, 2.45) is 0 Å². The highest BCUT2D eigenvalue weighted by atomic mass is 79.9. The number of hydrogen-bond acceptors (Lipinski definition) is 3. The number of carboxylic acid groups (broad SMARTS) is 1. The van der Waals surface area contributed by atoms with Gasteiger partial charge in [0.25, 0.3) is 0 Å². The van der Waals surface area contributed by atoms with Crippen molar-refractivity contribution in [1.82, 2.24) is 4.98 Å². The van der Waals surface area contributed by atoms with Crippen molar-refractivity contribution in [3.05, 3.63) is 14.5 Å². The van der Waals surface area contributed by atoms with Crippen LogP contribution in [0, 0.1) is 0 Å². The molecule has 0 unspecified atom stereocenters. The molecule has 0 atom stereocenters. The SMILES string of the molecule is CC(C)c1nc(CCC(=O)O)c(Br)s1. The Balaban J connectivity index is 2.72. The number of aliphatic carboxylic acids is 1. The van der Waals surface area contributed by atoms with Crippen molar-refractivity contribution >= 4 is 33.2 Å². The highest BCUT2D eigenvalue weighted by molar-refractivity contribution is 9.11. The fourth-order valence-electron chi connectivity index (χ4n) is 0.977. The summed E-state index contributed by atoms with van der Waals surface area (Å²) in [5.74, 6) is -0.383. The number of aromatic nitrogens is 1. The van der Waals surface area contributed by atoms with Gasteiger partial charge in [-0.1, -0.05) is 13.8 Å². The van der Waals surface area contributed by atoms with Crippen LogP contribution >= 0.6 is 27.3 Å². The minimum atomic E-state index is -0.781. The Morgan fingerprint density at radius 2 is 2.29 bits per heavy atom. The topological polar surface area (TPSA) is 50.2 Å². The molecule has 0 saturated heterocycles. The van der Waals surface area contributed by atoms with E-state index in [2.05, 4.69) is 34.8 Å². The summed E-state index contributed by atoms with van der Waals surface area (Å²) in [6.07, 6.45) is 0.638. The molecule has 78 valence electrons. The molecular weight excluding hydrogens is 266 g/mol. The average Bonchev–Trinajstić information content (AvgIpc) is 2.43. The Hall–Kier alpha value is -0.420. The van der Waals surface area contributed by atoms with Gasteiger partial charge in [-0.2, -0.15) is 0 Å². The van der Waals surface area contributed by atoms with Crippen LogP contribution in [0.1, 0.15) is 36.9 Å². The highest BCUT2D eigenvalue weighted by Crippen LogP contribution is 2.29. The number of hydrogen-bond donors (Lipinski definition) is 1. The molecule has 14 heavy (non-hydrogen) atoms. The van der Waals surface area contributed by atoms with Crippen LogP contribution in [0.15, 0.2) is 3.79 Å². The van der Waals surface area contributed by atoms with Crippen molar-refractivity contribution in [2.75, 3.05) is 0 Å². The van der Waals surface area contributed by atoms with E-state index in [0.29, 0.717) is 12.3 Å². The van der Waals surface area contributed by atoms with E-state index in [0.717, 1.165) is 14.5 Å². The highest BCUT2D eigenvalue weighted by Gasteiger charge is 2.12. The lowest BCUT2D eigenvalue weighted by molar-refractivity contribution is -0.136. The molecule has 1 heterocycles. The smallest absolute Gasteiger partial charge is 0.303 e. The molecule has 0 aromatic carbocycles. The third-order valence-electron chi connectivity index (χ3n) is 1.74. The molecule has 1 N–H and O–H groups in total. The first-order chi connectivity index (χ1) is 6.50.